The summed E-state index contributed by atoms with van der Waals surface area (Å²) in [7, 11) is 1.87. The molecule has 0 aliphatic heterocycles. The summed E-state index contributed by atoms with van der Waals surface area (Å²) < 4.78 is 5.51. The molecule has 0 fully saturated rings. The van der Waals surface area contributed by atoms with Crippen molar-refractivity contribution in [3.8, 4) is 0 Å². The highest BCUT2D eigenvalue weighted by molar-refractivity contribution is 4.58. The predicted octanol–water partition coefficient (Wildman–Crippen LogP) is 4.94. The van der Waals surface area contributed by atoms with Crippen LogP contribution in [0.4, 0.5) is 0 Å². The molecular weight excluding hydrogens is 184 g/mol. The third-order valence-corrected chi connectivity index (χ3v) is 3.09. The molecule has 15 heavy (non-hydrogen) atoms. The molecular formula is C14H30O. The van der Waals surface area contributed by atoms with E-state index in [1.54, 1.807) is 0 Å². The van der Waals surface area contributed by atoms with Gasteiger partial charge >= 0.3 is 0 Å². The molecule has 0 N–H and O–H groups in total. The van der Waals surface area contributed by atoms with Crippen LogP contribution in [0.5, 0.6) is 0 Å². The van der Waals surface area contributed by atoms with Crippen molar-refractivity contribution < 1.29 is 4.74 Å². The first-order valence-electron chi connectivity index (χ1n) is 6.87. The van der Waals surface area contributed by atoms with E-state index >= 15 is 0 Å². The number of unbranched alkanes of at least 4 members (excludes halogenated alkanes) is 6. The highest BCUT2D eigenvalue weighted by Crippen LogP contribution is 2.14. The first kappa shape index (κ1) is 15.0. The Morgan fingerprint density at radius 2 is 1.20 bits per heavy atom. The van der Waals surface area contributed by atoms with Gasteiger partial charge in [0.05, 0.1) is 6.10 Å². The second-order valence-corrected chi connectivity index (χ2v) is 4.56. The minimum Gasteiger partial charge on any atom is -0.381 e. The fraction of sp³-hybridized carbons (Fsp3) is 1.00. The maximum absolute atomic E-state index is 5.51. The Balaban J connectivity index is 3.29. The minimum absolute atomic E-state index is 0.527. The lowest BCUT2D eigenvalue weighted by atomic mass is 10.0. The second-order valence-electron chi connectivity index (χ2n) is 4.56. The Kier molecular flexibility index (Phi) is 12.0. The molecule has 0 saturated carbocycles. The summed E-state index contributed by atoms with van der Waals surface area (Å²) in [5.74, 6) is 0. The molecule has 0 aliphatic carbocycles. The highest BCUT2D eigenvalue weighted by atomic mass is 16.5. The maximum atomic E-state index is 5.51. The molecule has 0 unspecified atom stereocenters. The quantitative estimate of drug-likeness (QED) is 0.442. The van der Waals surface area contributed by atoms with Crippen LogP contribution in [0, 0.1) is 0 Å². The highest BCUT2D eigenvalue weighted by Gasteiger charge is 2.05. The van der Waals surface area contributed by atoms with Crippen LogP contribution >= 0.6 is 0 Å². The third kappa shape index (κ3) is 10.2. The Bertz CT molecular complexity index is 99.9. The normalized spacial score (nSPS) is 11.2. The van der Waals surface area contributed by atoms with Crippen LogP contribution in [-0.4, -0.2) is 13.2 Å². The van der Waals surface area contributed by atoms with Gasteiger partial charge in [-0.2, -0.15) is 0 Å². The number of rotatable bonds is 11. The van der Waals surface area contributed by atoms with E-state index in [4.69, 9.17) is 4.74 Å². The van der Waals surface area contributed by atoms with Crippen LogP contribution in [0.3, 0.4) is 0 Å². The van der Waals surface area contributed by atoms with Crippen molar-refractivity contribution >= 4 is 0 Å². The Hall–Kier alpha value is -0.0400. The van der Waals surface area contributed by atoms with Crippen LogP contribution in [0.25, 0.3) is 0 Å². The number of ether oxygens (including phenoxy) is 1. The van der Waals surface area contributed by atoms with E-state index in [1.165, 1.54) is 64.2 Å². The van der Waals surface area contributed by atoms with Gasteiger partial charge in [0.15, 0.2) is 0 Å². The van der Waals surface area contributed by atoms with Gasteiger partial charge in [-0.15, -0.1) is 0 Å². The van der Waals surface area contributed by atoms with Gasteiger partial charge in [-0.05, 0) is 12.8 Å². The molecule has 0 radical (unpaired) electrons. The van der Waals surface area contributed by atoms with Gasteiger partial charge in [0.25, 0.3) is 0 Å². The van der Waals surface area contributed by atoms with Crippen molar-refractivity contribution in [2.75, 3.05) is 7.11 Å². The molecule has 0 bridgehead atoms. The fourth-order valence-corrected chi connectivity index (χ4v) is 1.98. The van der Waals surface area contributed by atoms with Gasteiger partial charge in [0.1, 0.15) is 0 Å². The summed E-state index contributed by atoms with van der Waals surface area (Å²) in [4.78, 5) is 0. The van der Waals surface area contributed by atoms with Gasteiger partial charge in [-0.3, -0.25) is 0 Å². The lowest BCUT2D eigenvalue weighted by molar-refractivity contribution is 0.0832. The van der Waals surface area contributed by atoms with Crippen LogP contribution in [-0.2, 0) is 4.74 Å². The largest absolute Gasteiger partial charge is 0.381 e. The first-order valence-corrected chi connectivity index (χ1v) is 6.87. The molecule has 0 rings (SSSR count). The van der Waals surface area contributed by atoms with E-state index in [2.05, 4.69) is 13.8 Å². The van der Waals surface area contributed by atoms with Gasteiger partial charge in [-0.1, -0.05) is 65.2 Å². The lowest BCUT2D eigenvalue weighted by Gasteiger charge is -2.14. The third-order valence-electron chi connectivity index (χ3n) is 3.09. The Labute approximate surface area is 96.6 Å². The number of hydrogen-bond donors (Lipinski definition) is 0. The standard InChI is InChI=1S/C14H30O/c1-4-6-8-10-12-14(15-3)13-11-9-7-5-2/h14H,4-13H2,1-3H3. The first-order chi connectivity index (χ1) is 7.35. The zero-order valence-electron chi connectivity index (χ0n) is 11.1. The molecule has 0 aromatic rings. The lowest BCUT2D eigenvalue weighted by Crippen LogP contribution is -2.10. The van der Waals surface area contributed by atoms with E-state index < -0.39 is 0 Å². The zero-order valence-corrected chi connectivity index (χ0v) is 11.1. The van der Waals surface area contributed by atoms with Crippen molar-refractivity contribution in [2.24, 2.45) is 0 Å². The monoisotopic (exact) mass is 214 g/mol. The zero-order chi connectivity index (χ0) is 11.4. The molecule has 92 valence electrons. The summed E-state index contributed by atoms with van der Waals surface area (Å²) in [6.07, 6.45) is 13.9. The van der Waals surface area contributed by atoms with Crippen LogP contribution in [0.15, 0.2) is 0 Å². The van der Waals surface area contributed by atoms with Crippen molar-refractivity contribution in [1.29, 1.82) is 0 Å². The number of methoxy groups -OCH3 is 1. The Morgan fingerprint density at radius 1 is 0.733 bits per heavy atom. The predicted molar refractivity (Wildman–Crippen MR) is 68.3 cm³/mol. The summed E-state index contributed by atoms with van der Waals surface area (Å²) >= 11 is 0. The molecule has 0 heterocycles. The van der Waals surface area contributed by atoms with E-state index in [9.17, 15) is 0 Å². The van der Waals surface area contributed by atoms with E-state index in [0.29, 0.717) is 6.10 Å². The molecule has 0 amide bonds. The summed E-state index contributed by atoms with van der Waals surface area (Å²) in [6, 6.07) is 0. The summed E-state index contributed by atoms with van der Waals surface area (Å²) in [6.45, 7) is 4.52. The van der Waals surface area contributed by atoms with Gasteiger partial charge in [-0.25, -0.2) is 0 Å². The number of hydrogen-bond acceptors (Lipinski definition) is 1. The molecule has 0 aromatic heterocycles. The smallest absolute Gasteiger partial charge is 0.0571 e. The van der Waals surface area contributed by atoms with Crippen molar-refractivity contribution in [3.63, 3.8) is 0 Å². The summed E-state index contributed by atoms with van der Waals surface area (Å²) in [5, 5.41) is 0. The average Bonchev–Trinajstić information content (AvgIpc) is 2.27. The SMILES string of the molecule is CCCCCCC(CCCCCC)OC. The van der Waals surface area contributed by atoms with Crippen LogP contribution in [0.1, 0.15) is 78.1 Å². The molecule has 1 nitrogen and oxygen atoms in total. The Morgan fingerprint density at radius 3 is 1.53 bits per heavy atom. The average molecular weight is 214 g/mol. The van der Waals surface area contributed by atoms with E-state index in [1.807, 2.05) is 7.11 Å². The van der Waals surface area contributed by atoms with Crippen LogP contribution < -0.4 is 0 Å². The van der Waals surface area contributed by atoms with Crippen molar-refractivity contribution in [1.82, 2.24) is 0 Å². The van der Waals surface area contributed by atoms with Gasteiger partial charge in [0, 0.05) is 7.11 Å². The minimum atomic E-state index is 0.527. The molecule has 0 atom stereocenters. The maximum Gasteiger partial charge on any atom is 0.0571 e. The fourth-order valence-electron chi connectivity index (χ4n) is 1.98. The van der Waals surface area contributed by atoms with Gasteiger partial charge < -0.3 is 4.74 Å². The van der Waals surface area contributed by atoms with E-state index in [0.717, 1.165) is 0 Å². The molecule has 0 aromatic carbocycles. The topological polar surface area (TPSA) is 9.23 Å². The van der Waals surface area contributed by atoms with Gasteiger partial charge in [0.2, 0.25) is 0 Å². The molecule has 0 aliphatic rings. The summed E-state index contributed by atoms with van der Waals surface area (Å²) in [5.41, 5.74) is 0. The van der Waals surface area contributed by atoms with Crippen molar-refractivity contribution in [3.05, 3.63) is 0 Å². The van der Waals surface area contributed by atoms with E-state index in [-0.39, 0.29) is 0 Å². The van der Waals surface area contributed by atoms with Crippen LogP contribution in [0.2, 0.25) is 0 Å². The molecule has 1 heteroatoms. The molecule has 0 spiro atoms. The second kappa shape index (κ2) is 12.0. The van der Waals surface area contributed by atoms with Crippen molar-refractivity contribution in [2.45, 2.75) is 84.2 Å². The molecule has 0 saturated heterocycles.